The van der Waals surface area contributed by atoms with E-state index in [0.29, 0.717) is 17.1 Å². The van der Waals surface area contributed by atoms with Gasteiger partial charge in [0.25, 0.3) is 0 Å². The van der Waals surface area contributed by atoms with E-state index in [1.165, 1.54) is 0 Å². The Morgan fingerprint density at radius 1 is 1.63 bits per heavy atom. The molecule has 4 nitrogen and oxygen atoms in total. The van der Waals surface area contributed by atoms with Crippen LogP contribution in [0.4, 0.5) is 0 Å². The molecule has 5 heteroatoms. The second-order valence-corrected chi connectivity index (χ2v) is 4.59. The predicted molar refractivity (Wildman–Crippen MR) is 78.3 cm³/mol. The number of rotatable bonds is 6. The number of hydrogen-bond acceptors (Lipinski definition) is 3. The third-order valence-electron chi connectivity index (χ3n) is 2.77. The Morgan fingerprint density at radius 2 is 2.37 bits per heavy atom. The van der Waals surface area contributed by atoms with E-state index < -0.39 is 0 Å². The predicted octanol–water partition coefficient (Wildman–Crippen LogP) is 2.33. The highest BCUT2D eigenvalue weighted by atomic mass is 35.5. The minimum absolute atomic E-state index is 0.0360. The zero-order valence-corrected chi connectivity index (χ0v) is 11.6. The first-order chi connectivity index (χ1) is 9.12. The lowest BCUT2D eigenvalue weighted by Gasteiger charge is -2.13. The molecular formula is C14H18ClN3O. The number of oxime groups is 1. The third kappa shape index (κ3) is 4.47. The van der Waals surface area contributed by atoms with Gasteiger partial charge in [-0.15, -0.1) is 6.42 Å². The van der Waals surface area contributed by atoms with Crippen LogP contribution in [0.1, 0.15) is 30.9 Å². The first kappa shape index (κ1) is 15.4. The smallest absolute Gasteiger partial charge is 0.170 e. The van der Waals surface area contributed by atoms with Crippen molar-refractivity contribution < 1.29 is 5.21 Å². The average Bonchev–Trinajstić information content (AvgIpc) is 2.43. The van der Waals surface area contributed by atoms with Gasteiger partial charge in [0.2, 0.25) is 0 Å². The van der Waals surface area contributed by atoms with Crippen molar-refractivity contribution in [3.63, 3.8) is 0 Å². The van der Waals surface area contributed by atoms with Gasteiger partial charge in [-0.2, -0.15) is 0 Å². The highest BCUT2D eigenvalue weighted by Crippen LogP contribution is 2.18. The molecule has 1 unspecified atom stereocenters. The van der Waals surface area contributed by atoms with Crippen LogP contribution in [0.2, 0.25) is 5.02 Å². The Morgan fingerprint density at radius 3 is 2.89 bits per heavy atom. The van der Waals surface area contributed by atoms with Gasteiger partial charge < -0.3 is 10.9 Å². The first-order valence-electron chi connectivity index (χ1n) is 6.08. The Bertz CT molecular complexity index is 494. The minimum atomic E-state index is 0.0360. The van der Waals surface area contributed by atoms with Crippen LogP contribution in [-0.4, -0.2) is 17.1 Å². The summed E-state index contributed by atoms with van der Waals surface area (Å²) in [6.07, 6.45) is 7.39. The van der Waals surface area contributed by atoms with Gasteiger partial charge in [-0.1, -0.05) is 48.2 Å². The van der Waals surface area contributed by atoms with Gasteiger partial charge in [-0.25, -0.2) is 0 Å². The molecule has 0 fully saturated rings. The fourth-order valence-electron chi connectivity index (χ4n) is 1.67. The fraction of sp³-hybridized carbons (Fsp3) is 0.357. The van der Waals surface area contributed by atoms with E-state index >= 15 is 0 Å². The van der Waals surface area contributed by atoms with Crippen molar-refractivity contribution in [1.82, 2.24) is 5.32 Å². The minimum Gasteiger partial charge on any atom is -0.409 e. The van der Waals surface area contributed by atoms with Gasteiger partial charge in [0.1, 0.15) is 0 Å². The summed E-state index contributed by atoms with van der Waals surface area (Å²) in [6, 6.07) is 5.30. The molecule has 0 saturated heterocycles. The molecule has 0 saturated carbocycles. The van der Waals surface area contributed by atoms with Crippen molar-refractivity contribution in [1.29, 1.82) is 0 Å². The molecule has 1 aromatic rings. The van der Waals surface area contributed by atoms with E-state index in [4.69, 9.17) is 29.0 Å². The van der Waals surface area contributed by atoms with Crippen LogP contribution in [0.3, 0.4) is 0 Å². The highest BCUT2D eigenvalue weighted by Gasteiger charge is 2.07. The lowest BCUT2D eigenvalue weighted by atomic mass is 10.1. The number of halogens is 1. The van der Waals surface area contributed by atoms with Crippen molar-refractivity contribution in [3.8, 4) is 12.3 Å². The molecule has 0 aliphatic heterocycles. The summed E-state index contributed by atoms with van der Waals surface area (Å²) in [5.41, 5.74) is 7.00. The lowest BCUT2D eigenvalue weighted by molar-refractivity contribution is 0.318. The van der Waals surface area contributed by atoms with Gasteiger partial charge in [0.15, 0.2) is 5.84 Å². The number of nitrogens with two attached hydrogens (primary N) is 1. The molecule has 1 aromatic carbocycles. The van der Waals surface area contributed by atoms with E-state index in [1.54, 1.807) is 12.1 Å². The van der Waals surface area contributed by atoms with Gasteiger partial charge in [-0.05, 0) is 18.1 Å². The Labute approximate surface area is 118 Å². The molecule has 0 aliphatic rings. The molecule has 0 radical (unpaired) electrons. The Balaban J connectivity index is 2.73. The first-order valence-corrected chi connectivity index (χ1v) is 6.46. The summed E-state index contributed by atoms with van der Waals surface area (Å²) in [5, 5.41) is 15.4. The van der Waals surface area contributed by atoms with Crippen LogP contribution in [0, 0.1) is 12.3 Å². The van der Waals surface area contributed by atoms with E-state index in [2.05, 4.69) is 23.3 Å². The normalized spacial score (nSPS) is 13.0. The van der Waals surface area contributed by atoms with Gasteiger partial charge >= 0.3 is 0 Å². The standard InChI is InChI=1S/C14H18ClN3O/c1-3-5-12(4-2)17-9-11-7-6-10(8-13(11)15)14(16)18-19/h2,6-8,12,17,19H,3,5,9H2,1H3,(H2,16,18). The summed E-state index contributed by atoms with van der Waals surface area (Å²) in [7, 11) is 0. The lowest BCUT2D eigenvalue weighted by Crippen LogP contribution is -2.27. The molecule has 0 spiro atoms. The number of terminal acetylenes is 1. The van der Waals surface area contributed by atoms with Gasteiger partial charge in [0.05, 0.1) is 6.04 Å². The Kier molecular flexibility index (Phi) is 6.20. The van der Waals surface area contributed by atoms with Crippen molar-refractivity contribution in [3.05, 3.63) is 34.3 Å². The summed E-state index contributed by atoms with van der Waals surface area (Å²) in [4.78, 5) is 0. The van der Waals surface area contributed by atoms with E-state index in [1.807, 2.05) is 6.07 Å². The monoisotopic (exact) mass is 279 g/mol. The van der Waals surface area contributed by atoms with Crippen molar-refractivity contribution in [2.75, 3.05) is 0 Å². The maximum atomic E-state index is 8.60. The summed E-state index contributed by atoms with van der Waals surface area (Å²) in [5.74, 6) is 2.74. The van der Waals surface area contributed by atoms with Crippen LogP contribution in [-0.2, 0) is 6.54 Å². The number of benzene rings is 1. The summed E-state index contributed by atoms with van der Waals surface area (Å²) in [6.45, 7) is 2.68. The van der Waals surface area contributed by atoms with Gasteiger partial charge in [-0.3, -0.25) is 5.32 Å². The van der Waals surface area contributed by atoms with E-state index in [-0.39, 0.29) is 11.9 Å². The molecule has 0 aromatic heterocycles. The average molecular weight is 280 g/mol. The van der Waals surface area contributed by atoms with E-state index in [9.17, 15) is 0 Å². The zero-order valence-electron chi connectivity index (χ0n) is 10.9. The number of nitrogens with one attached hydrogen (secondary N) is 1. The highest BCUT2D eigenvalue weighted by molar-refractivity contribution is 6.31. The van der Waals surface area contributed by atoms with Crippen LogP contribution in [0.5, 0.6) is 0 Å². The zero-order chi connectivity index (χ0) is 14.3. The summed E-state index contributed by atoms with van der Waals surface area (Å²) >= 11 is 6.15. The van der Waals surface area contributed by atoms with Crippen LogP contribution >= 0.6 is 11.6 Å². The third-order valence-corrected chi connectivity index (χ3v) is 3.13. The van der Waals surface area contributed by atoms with Gasteiger partial charge in [0, 0.05) is 17.1 Å². The second kappa shape index (κ2) is 7.67. The summed E-state index contributed by atoms with van der Waals surface area (Å²) < 4.78 is 0. The van der Waals surface area contributed by atoms with Crippen LogP contribution in [0.25, 0.3) is 0 Å². The molecule has 102 valence electrons. The number of amidine groups is 1. The van der Waals surface area contributed by atoms with Crippen molar-refractivity contribution in [2.24, 2.45) is 10.9 Å². The molecule has 0 heterocycles. The van der Waals surface area contributed by atoms with Crippen molar-refractivity contribution >= 4 is 17.4 Å². The van der Waals surface area contributed by atoms with Crippen LogP contribution < -0.4 is 11.1 Å². The largest absolute Gasteiger partial charge is 0.409 e. The molecule has 4 N–H and O–H groups in total. The van der Waals surface area contributed by atoms with Crippen molar-refractivity contribution in [2.45, 2.75) is 32.4 Å². The molecule has 0 aliphatic carbocycles. The molecule has 0 amide bonds. The second-order valence-electron chi connectivity index (χ2n) is 4.18. The SMILES string of the molecule is C#CC(CCC)NCc1ccc(/C(N)=N/O)cc1Cl. The molecule has 1 rings (SSSR count). The topological polar surface area (TPSA) is 70.6 Å². The molecule has 0 bridgehead atoms. The number of hydrogen-bond donors (Lipinski definition) is 3. The maximum Gasteiger partial charge on any atom is 0.170 e. The molecule has 19 heavy (non-hydrogen) atoms. The fourth-order valence-corrected chi connectivity index (χ4v) is 1.92. The molecular weight excluding hydrogens is 262 g/mol. The van der Waals surface area contributed by atoms with E-state index in [0.717, 1.165) is 18.4 Å². The van der Waals surface area contributed by atoms with Crippen LogP contribution in [0.15, 0.2) is 23.4 Å². The molecule has 1 atom stereocenters. The quantitative estimate of drug-likeness (QED) is 0.246. The number of nitrogens with zero attached hydrogens (tertiary/aromatic N) is 1. The maximum absolute atomic E-state index is 8.60. The Hall–Kier alpha value is -1.70.